The van der Waals surface area contributed by atoms with Crippen molar-refractivity contribution in [1.82, 2.24) is 0 Å². The molecule has 0 saturated carbocycles. The first kappa shape index (κ1) is 14.8. The zero-order chi connectivity index (χ0) is 15.4. The van der Waals surface area contributed by atoms with Crippen LogP contribution >= 0.6 is 0 Å². The second-order valence-corrected chi connectivity index (χ2v) is 4.18. The molecule has 0 bridgehead atoms. The SMILES string of the molecule is COc1cccc(F)c1C(=O)c1c(OC)cccc1OC. The summed E-state index contributed by atoms with van der Waals surface area (Å²) in [4.78, 5) is 12.7. The van der Waals surface area contributed by atoms with Crippen LogP contribution in [-0.4, -0.2) is 27.1 Å². The van der Waals surface area contributed by atoms with Gasteiger partial charge in [-0.1, -0.05) is 12.1 Å². The molecule has 0 unspecified atom stereocenters. The zero-order valence-corrected chi connectivity index (χ0v) is 12.0. The molecule has 0 amide bonds. The van der Waals surface area contributed by atoms with Gasteiger partial charge < -0.3 is 14.2 Å². The third-order valence-corrected chi connectivity index (χ3v) is 3.08. The summed E-state index contributed by atoms with van der Waals surface area (Å²) in [6, 6.07) is 9.12. The molecular weight excluding hydrogens is 275 g/mol. The number of benzene rings is 2. The van der Waals surface area contributed by atoms with Gasteiger partial charge in [0.2, 0.25) is 5.78 Å². The van der Waals surface area contributed by atoms with Crippen LogP contribution in [0, 0.1) is 5.82 Å². The molecule has 0 radical (unpaired) electrons. The predicted molar refractivity (Wildman–Crippen MR) is 75.9 cm³/mol. The van der Waals surface area contributed by atoms with Crippen LogP contribution in [0.15, 0.2) is 36.4 Å². The van der Waals surface area contributed by atoms with Crippen LogP contribution in [-0.2, 0) is 0 Å². The maximum Gasteiger partial charge on any atom is 0.207 e. The van der Waals surface area contributed by atoms with Crippen LogP contribution in [0.4, 0.5) is 4.39 Å². The highest BCUT2D eigenvalue weighted by molar-refractivity contribution is 6.14. The Morgan fingerprint density at radius 1 is 0.810 bits per heavy atom. The number of carbonyl (C=O) groups excluding carboxylic acids is 1. The van der Waals surface area contributed by atoms with E-state index in [1.807, 2.05) is 0 Å². The Morgan fingerprint density at radius 2 is 1.24 bits per heavy atom. The van der Waals surface area contributed by atoms with E-state index in [4.69, 9.17) is 14.2 Å². The molecule has 5 heteroatoms. The summed E-state index contributed by atoms with van der Waals surface area (Å²) in [6.07, 6.45) is 0. The zero-order valence-electron chi connectivity index (χ0n) is 12.0. The molecule has 0 atom stereocenters. The fourth-order valence-corrected chi connectivity index (χ4v) is 2.09. The second kappa shape index (κ2) is 6.26. The van der Waals surface area contributed by atoms with Crippen molar-refractivity contribution in [3.63, 3.8) is 0 Å². The molecule has 0 saturated heterocycles. The lowest BCUT2D eigenvalue weighted by atomic mass is 10.00. The summed E-state index contributed by atoms with van der Waals surface area (Å²) in [5.74, 6) is -0.436. The van der Waals surface area contributed by atoms with Crippen LogP contribution in [0.2, 0.25) is 0 Å². The standard InChI is InChI=1S/C16H15FO4/c1-19-11-7-4-6-10(17)14(11)16(18)15-12(20-2)8-5-9-13(15)21-3/h4-9H,1-3H3. The highest BCUT2D eigenvalue weighted by Crippen LogP contribution is 2.33. The summed E-state index contributed by atoms with van der Waals surface area (Å²) in [5, 5.41) is 0. The third-order valence-electron chi connectivity index (χ3n) is 3.08. The number of halogens is 1. The third kappa shape index (κ3) is 2.67. The maximum absolute atomic E-state index is 14.1. The molecule has 110 valence electrons. The molecule has 0 N–H and O–H groups in total. The Morgan fingerprint density at radius 3 is 1.71 bits per heavy atom. The van der Waals surface area contributed by atoms with Gasteiger partial charge in [-0.15, -0.1) is 0 Å². The summed E-state index contributed by atoms with van der Waals surface area (Å²) < 4.78 is 29.5. The number of hydrogen-bond acceptors (Lipinski definition) is 4. The van der Waals surface area contributed by atoms with Crippen molar-refractivity contribution >= 4 is 5.78 Å². The summed E-state index contributed by atoms with van der Waals surface area (Å²) in [5.41, 5.74) is 0.00806. The number of ether oxygens (including phenoxy) is 3. The fraction of sp³-hybridized carbons (Fsp3) is 0.188. The van der Waals surface area contributed by atoms with E-state index in [-0.39, 0.29) is 16.9 Å². The van der Waals surface area contributed by atoms with Crippen molar-refractivity contribution in [3.05, 3.63) is 53.3 Å². The molecule has 2 aromatic carbocycles. The maximum atomic E-state index is 14.1. The Balaban J connectivity index is 2.66. The molecule has 2 rings (SSSR count). The average Bonchev–Trinajstić information content (AvgIpc) is 2.52. The second-order valence-electron chi connectivity index (χ2n) is 4.18. The van der Waals surface area contributed by atoms with Crippen molar-refractivity contribution in [1.29, 1.82) is 0 Å². The van der Waals surface area contributed by atoms with E-state index < -0.39 is 11.6 Å². The van der Waals surface area contributed by atoms with Crippen LogP contribution < -0.4 is 14.2 Å². The van der Waals surface area contributed by atoms with Gasteiger partial charge in [0, 0.05) is 0 Å². The molecule has 0 aliphatic heterocycles. The lowest BCUT2D eigenvalue weighted by molar-refractivity contribution is 0.102. The average molecular weight is 290 g/mol. The van der Waals surface area contributed by atoms with Gasteiger partial charge in [-0.3, -0.25) is 4.79 Å². The van der Waals surface area contributed by atoms with E-state index in [9.17, 15) is 9.18 Å². The first-order valence-electron chi connectivity index (χ1n) is 6.22. The topological polar surface area (TPSA) is 44.8 Å². The van der Waals surface area contributed by atoms with Gasteiger partial charge in [0.15, 0.2) is 0 Å². The van der Waals surface area contributed by atoms with E-state index in [1.165, 1.54) is 39.5 Å². The number of ketones is 1. The van der Waals surface area contributed by atoms with Crippen molar-refractivity contribution in [3.8, 4) is 17.2 Å². The number of hydrogen-bond donors (Lipinski definition) is 0. The van der Waals surface area contributed by atoms with E-state index in [0.29, 0.717) is 11.5 Å². The van der Waals surface area contributed by atoms with Gasteiger partial charge in [-0.2, -0.15) is 0 Å². The molecule has 2 aromatic rings. The van der Waals surface area contributed by atoms with Gasteiger partial charge >= 0.3 is 0 Å². The molecule has 4 nitrogen and oxygen atoms in total. The van der Waals surface area contributed by atoms with Crippen LogP contribution in [0.25, 0.3) is 0 Å². The first-order valence-corrected chi connectivity index (χ1v) is 6.22. The molecule has 0 aliphatic rings. The molecule has 0 spiro atoms. The lowest BCUT2D eigenvalue weighted by Crippen LogP contribution is -2.10. The van der Waals surface area contributed by atoms with Gasteiger partial charge in [0.05, 0.1) is 21.3 Å². The number of rotatable bonds is 5. The number of carbonyl (C=O) groups is 1. The first-order chi connectivity index (χ1) is 10.1. The highest BCUT2D eigenvalue weighted by Gasteiger charge is 2.25. The lowest BCUT2D eigenvalue weighted by Gasteiger charge is -2.14. The molecular formula is C16H15FO4. The van der Waals surface area contributed by atoms with Crippen LogP contribution in [0.1, 0.15) is 15.9 Å². The van der Waals surface area contributed by atoms with Crippen molar-refractivity contribution in [2.45, 2.75) is 0 Å². The molecule has 0 aromatic heterocycles. The summed E-state index contributed by atoms with van der Waals surface area (Å²) >= 11 is 0. The normalized spacial score (nSPS) is 10.1. The smallest absolute Gasteiger partial charge is 0.207 e. The van der Waals surface area contributed by atoms with Crippen molar-refractivity contribution < 1.29 is 23.4 Å². The predicted octanol–water partition coefficient (Wildman–Crippen LogP) is 3.08. The Bertz CT molecular complexity index is 645. The summed E-state index contributed by atoms with van der Waals surface area (Å²) in [6.45, 7) is 0. The Hall–Kier alpha value is -2.56. The molecule has 0 aliphatic carbocycles. The molecule has 0 heterocycles. The van der Waals surface area contributed by atoms with E-state index in [1.54, 1.807) is 18.2 Å². The quantitative estimate of drug-likeness (QED) is 0.794. The van der Waals surface area contributed by atoms with Crippen molar-refractivity contribution in [2.24, 2.45) is 0 Å². The monoisotopic (exact) mass is 290 g/mol. The minimum atomic E-state index is -0.660. The van der Waals surface area contributed by atoms with Crippen molar-refractivity contribution in [2.75, 3.05) is 21.3 Å². The van der Waals surface area contributed by atoms with E-state index in [0.717, 1.165) is 0 Å². The summed E-state index contributed by atoms with van der Waals surface area (Å²) in [7, 11) is 4.25. The largest absolute Gasteiger partial charge is 0.496 e. The Kier molecular flexibility index (Phi) is 4.42. The van der Waals surface area contributed by atoms with E-state index in [2.05, 4.69) is 0 Å². The Labute approximate surface area is 122 Å². The van der Waals surface area contributed by atoms with Gasteiger partial charge in [0.25, 0.3) is 0 Å². The van der Waals surface area contributed by atoms with E-state index >= 15 is 0 Å². The van der Waals surface area contributed by atoms with Crippen LogP contribution in [0.5, 0.6) is 17.2 Å². The van der Waals surface area contributed by atoms with Gasteiger partial charge in [-0.25, -0.2) is 4.39 Å². The van der Waals surface area contributed by atoms with Crippen LogP contribution in [0.3, 0.4) is 0 Å². The minimum Gasteiger partial charge on any atom is -0.496 e. The van der Waals surface area contributed by atoms with Gasteiger partial charge in [0.1, 0.15) is 34.2 Å². The fourth-order valence-electron chi connectivity index (χ4n) is 2.09. The van der Waals surface area contributed by atoms with Gasteiger partial charge in [-0.05, 0) is 24.3 Å². The molecule has 21 heavy (non-hydrogen) atoms. The highest BCUT2D eigenvalue weighted by atomic mass is 19.1. The molecule has 0 fully saturated rings. The number of methoxy groups -OCH3 is 3. The minimum absolute atomic E-state index is 0.150.